The number of sulfonamides is 1. The molecule has 1 aliphatic rings. The van der Waals surface area contributed by atoms with E-state index in [-0.39, 0.29) is 17.1 Å². The van der Waals surface area contributed by atoms with Gasteiger partial charge in [0.05, 0.1) is 5.56 Å². The molecule has 1 aromatic carbocycles. The lowest BCUT2D eigenvalue weighted by molar-refractivity contribution is 0.0954. The largest absolute Gasteiger partial charge is 0.369 e. The smallest absolute Gasteiger partial charge is 0.263 e. The van der Waals surface area contributed by atoms with E-state index in [0.29, 0.717) is 37.7 Å². The number of hydrogen-bond acceptors (Lipinski definition) is 5. The van der Waals surface area contributed by atoms with E-state index >= 15 is 0 Å². The molecule has 8 nitrogen and oxygen atoms in total. The number of carbonyl (C=O) groups is 1. The van der Waals surface area contributed by atoms with Crippen LogP contribution in [0, 0.1) is 0 Å². The van der Waals surface area contributed by atoms with Gasteiger partial charge in [0.15, 0.2) is 0 Å². The van der Waals surface area contributed by atoms with E-state index in [9.17, 15) is 13.2 Å². The molecule has 1 fully saturated rings. The van der Waals surface area contributed by atoms with Crippen LogP contribution in [0.25, 0.3) is 0 Å². The number of nitrogens with zero attached hydrogens (tertiary/aromatic N) is 4. The predicted molar refractivity (Wildman–Crippen MR) is 117 cm³/mol. The molecule has 1 amide bonds. The highest BCUT2D eigenvalue weighted by Crippen LogP contribution is 2.24. The second-order valence-electron chi connectivity index (χ2n) is 6.98. The van der Waals surface area contributed by atoms with Gasteiger partial charge in [-0.25, -0.2) is 8.42 Å². The lowest BCUT2D eigenvalue weighted by atomic mass is 10.2. The van der Waals surface area contributed by atoms with Crippen molar-refractivity contribution in [2.24, 2.45) is 0 Å². The summed E-state index contributed by atoms with van der Waals surface area (Å²) in [5, 5.41) is 7.34. The third-order valence-corrected chi connectivity index (χ3v) is 6.93. The first-order valence-corrected chi connectivity index (χ1v) is 11.7. The standard InChI is InChI=1S/C20H26ClN5O3S/c1-3-9-22-19(27)18-15-25(10-4-2)23-20(18)30(28,29)26-13-11-24(12-14-26)17-7-5-16(21)6-8-17/h3,5-8,15H,1,4,9-14H2,2H3,(H,22,27). The molecule has 2 heterocycles. The minimum atomic E-state index is -3.91. The number of piperazine rings is 1. The van der Waals surface area contributed by atoms with Crippen LogP contribution in [-0.2, 0) is 16.6 Å². The van der Waals surface area contributed by atoms with Gasteiger partial charge in [-0.2, -0.15) is 9.40 Å². The maximum atomic E-state index is 13.3. The maximum absolute atomic E-state index is 13.3. The fraction of sp³-hybridized carbons (Fsp3) is 0.400. The Hall–Kier alpha value is -2.36. The molecular weight excluding hydrogens is 426 g/mol. The van der Waals surface area contributed by atoms with Crippen molar-refractivity contribution in [1.82, 2.24) is 19.4 Å². The van der Waals surface area contributed by atoms with Crippen LogP contribution in [0.2, 0.25) is 5.02 Å². The fourth-order valence-corrected chi connectivity index (χ4v) is 4.96. The van der Waals surface area contributed by atoms with Crippen LogP contribution in [0.15, 0.2) is 48.1 Å². The minimum Gasteiger partial charge on any atom is -0.369 e. The van der Waals surface area contributed by atoms with Gasteiger partial charge in [0.2, 0.25) is 5.03 Å². The lowest BCUT2D eigenvalue weighted by Crippen LogP contribution is -2.49. The molecule has 30 heavy (non-hydrogen) atoms. The first-order chi connectivity index (χ1) is 14.4. The van der Waals surface area contributed by atoms with Gasteiger partial charge >= 0.3 is 0 Å². The number of nitrogens with one attached hydrogen (secondary N) is 1. The second kappa shape index (κ2) is 9.63. The number of halogens is 1. The van der Waals surface area contributed by atoms with Crippen molar-refractivity contribution in [2.75, 3.05) is 37.6 Å². The van der Waals surface area contributed by atoms with E-state index in [1.54, 1.807) is 6.08 Å². The summed E-state index contributed by atoms with van der Waals surface area (Å²) in [5.41, 5.74) is 1.05. The first kappa shape index (κ1) is 22.3. The Morgan fingerprint density at radius 1 is 1.23 bits per heavy atom. The zero-order valence-electron chi connectivity index (χ0n) is 16.9. The molecule has 0 radical (unpaired) electrons. The molecule has 0 atom stereocenters. The van der Waals surface area contributed by atoms with Gasteiger partial charge in [0.1, 0.15) is 0 Å². The Kier molecular flexibility index (Phi) is 7.17. The normalized spacial score (nSPS) is 15.2. The van der Waals surface area contributed by atoms with Crippen LogP contribution in [0.4, 0.5) is 5.69 Å². The van der Waals surface area contributed by atoms with Gasteiger partial charge in [-0.15, -0.1) is 6.58 Å². The van der Waals surface area contributed by atoms with Crippen molar-refractivity contribution >= 4 is 33.2 Å². The molecule has 1 saturated heterocycles. The first-order valence-electron chi connectivity index (χ1n) is 9.84. The third-order valence-electron chi connectivity index (χ3n) is 4.85. The second-order valence-corrected chi connectivity index (χ2v) is 9.27. The fourth-order valence-electron chi connectivity index (χ4n) is 3.31. The molecule has 0 unspecified atom stereocenters. The lowest BCUT2D eigenvalue weighted by Gasteiger charge is -2.35. The Balaban J connectivity index is 1.80. The highest BCUT2D eigenvalue weighted by molar-refractivity contribution is 7.89. The van der Waals surface area contributed by atoms with Crippen LogP contribution in [-0.4, -0.2) is 61.1 Å². The minimum absolute atomic E-state index is 0.0606. The summed E-state index contributed by atoms with van der Waals surface area (Å²) in [6.45, 7) is 7.99. The van der Waals surface area contributed by atoms with Crippen molar-refractivity contribution in [3.05, 3.63) is 53.7 Å². The number of anilines is 1. The number of benzene rings is 1. The summed E-state index contributed by atoms with van der Waals surface area (Å²) in [7, 11) is -3.91. The van der Waals surface area contributed by atoms with Crippen LogP contribution < -0.4 is 10.2 Å². The zero-order chi connectivity index (χ0) is 21.7. The topological polar surface area (TPSA) is 87.5 Å². The molecule has 10 heteroatoms. The molecule has 0 saturated carbocycles. The summed E-state index contributed by atoms with van der Waals surface area (Å²) >= 11 is 5.94. The molecule has 1 aliphatic heterocycles. The average molecular weight is 452 g/mol. The van der Waals surface area contributed by atoms with Crippen molar-refractivity contribution in [3.63, 3.8) is 0 Å². The molecule has 0 bridgehead atoms. The highest BCUT2D eigenvalue weighted by Gasteiger charge is 2.34. The van der Waals surface area contributed by atoms with Crippen molar-refractivity contribution in [2.45, 2.75) is 24.9 Å². The SMILES string of the molecule is C=CCNC(=O)c1cn(CCC)nc1S(=O)(=O)N1CCN(c2ccc(Cl)cc2)CC1. The van der Waals surface area contributed by atoms with Gasteiger partial charge in [-0.05, 0) is 30.7 Å². The number of amides is 1. The Labute approximate surface area is 182 Å². The Morgan fingerprint density at radius 2 is 1.90 bits per heavy atom. The van der Waals surface area contributed by atoms with Crippen LogP contribution in [0.3, 0.4) is 0 Å². The number of hydrogen-bond donors (Lipinski definition) is 1. The van der Waals surface area contributed by atoms with E-state index in [2.05, 4.69) is 21.9 Å². The van der Waals surface area contributed by atoms with Gasteiger partial charge in [-0.3, -0.25) is 9.48 Å². The summed E-state index contributed by atoms with van der Waals surface area (Å²) in [4.78, 5) is 14.6. The molecule has 0 aliphatic carbocycles. The number of rotatable bonds is 8. The molecule has 1 N–H and O–H groups in total. The molecule has 2 aromatic rings. The average Bonchev–Trinajstić information content (AvgIpc) is 3.18. The monoisotopic (exact) mass is 451 g/mol. The van der Waals surface area contributed by atoms with Crippen LogP contribution in [0.1, 0.15) is 23.7 Å². The molecular formula is C20H26ClN5O3S. The molecule has 0 spiro atoms. The number of carbonyl (C=O) groups excluding carboxylic acids is 1. The van der Waals surface area contributed by atoms with Gasteiger partial charge in [-0.1, -0.05) is 24.6 Å². The highest BCUT2D eigenvalue weighted by atomic mass is 35.5. The van der Waals surface area contributed by atoms with Gasteiger partial charge < -0.3 is 10.2 Å². The summed E-state index contributed by atoms with van der Waals surface area (Å²) in [6.07, 6.45) is 3.81. The van der Waals surface area contributed by atoms with Gasteiger partial charge in [0, 0.05) is 56.2 Å². The van der Waals surface area contributed by atoms with Crippen LogP contribution >= 0.6 is 11.6 Å². The number of aromatic nitrogens is 2. The van der Waals surface area contributed by atoms with E-state index in [4.69, 9.17) is 11.6 Å². The summed E-state index contributed by atoms with van der Waals surface area (Å²) in [5.74, 6) is -0.476. The summed E-state index contributed by atoms with van der Waals surface area (Å²) < 4.78 is 29.5. The molecule has 162 valence electrons. The van der Waals surface area contributed by atoms with E-state index in [1.807, 2.05) is 31.2 Å². The summed E-state index contributed by atoms with van der Waals surface area (Å²) in [6, 6.07) is 7.46. The zero-order valence-corrected chi connectivity index (χ0v) is 18.5. The Morgan fingerprint density at radius 3 is 2.50 bits per heavy atom. The van der Waals surface area contributed by atoms with Gasteiger partial charge in [0.25, 0.3) is 15.9 Å². The van der Waals surface area contributed by atoms with Crippen molar-refractivity contribution < 1.29 is 13.2 Å². The molecule has 1 aromatic heterocycles. The Bertz CT molecular complexity index is 996. The predicted octanol–water partition coefficient (Wildman–Crippen LogP) is 2.37. The van der Waals surface area contributed by atoms with E-state index in [1.165, 1.54) is 15.2 Å². The number of aryl methyl sites for hydroxylation is 1. The van der Waals surface area contributed by atoms with Crippen molar-refractivity contribution in [3.8, 4) is 0 Å². The van der Waals surface area contributed by atoms with Crippen molar-refractivity contribution in [1.29, 1.82) is 0 Å². The van der Waals surface area contributed by atoms with E-state index in [0.717, 1.165) is 12.1 Å². The van der Waals surface area contributed by atoms with E-state index < -0.39 is 15.9 Å². The maximum Gasteiger partial charge on any atom is 0.263 e. The third kappa shape index (κ3) is 4.85. The quantitative estimate of drug-likeness (QED) is 0.622. The molecule has 3 rings (SSSR count). The van der Waals surface area contributed by atoms with Crippen LogP contribution in [0.5, 0.6) is 0 Å².